The standard InChI is InChI=1S/C19H26N4O/c1-6-14-11-15(8-7-13(14)2)21-18(24)23-12-19(3,4)16(23)17-20-9-10-22(17)5/h7-11,16H,6,12H2,1-5H3,(H,21,24). The summed E-state index contributed by atoms with van der Waals surface area (Å²) in [6.45, 7) is 9.31. The Morgan fingerprint density at radius 2 is 2.17 bits per heavy atom. The lowest BCUT2D eigenvalue weighted by molar-refractivity contribution is -0.0182. The summed E-state index contributed by atoms with van der Waals surface area (Å²) in [6, 6.07) is 6.02. The van der Waals surface area contributed by atoms with Crippen molar-refractivity contribution in [2.24, 2.45) is 12.5 Å². The number of rotatable bonds is 3. The van der Waals surface area contributed by atoms with Crippen LogP contribution in [0.4, 0.5) is 10.5 Å². The quantitative estimate of drug-likeness (QED) is 0.930. The summed E-state index contributed by atoms with van der Waals surface area (Å²) in [4.78, 5) is 19.1. The highest BCUT2D eigenvalue weighted by Gasteiger charge is 2.50. The van der Waals surface area contributed by atoms with Crippen LogP contribution in [0.15, 0.2) is 30.6 Å². The SMILES string of the molecule is CCc1cc(NC(=O)N2CC(C)(C)C2c2nccn2C)ccc1C. The monoisotopic (exact) mass is 326 g/mol. The van der Waals surface area contributed by atoms with Gasteiger partial charge >= 0.3 is 6.03 Å². The average Bonchev–Trinajstić information content (AvgIpc) is 2.92. The van der Waals surface area contributed by atoms with Crippen molar-refractivity contribution in [2.75, 3.05) is 11.9 Å². The van der Waals surface area contributed by atoms with Gasteiger partial charge in [-0.15, -0.1) is 0 Å². The van der Waals surface area contributed by atoms with Gasteiger partial charge in [-0.3, -0.25) is 0 Å². The Morgan fingerprint density at radius 1 is 1.42 bits per heavy atom. The number of carbonyl (C=O) groups excluding carboxylic acids is 1. The molecule has 1 atom stereocenters. The van der Waals surface area contributed by atoms with Gasteiger partial charge in [-0.25, -0.2) is 9.78 Å². The second-order valence-corrected chi connectivity index (χ2v) is 7.34. The lowest BCUT2D eigenvalue weighted by atomic mass is 9.74. The molecule has 1 aromatic carbocycles. The van der Waals surface area contributed by atoms with Crippen molar-refractivity contribution >= 4 is 11.7 Å². The van der Waals surface area contributed by atoms with Gasteiger partial charge < -0.3 is 14.8 Å². The third kappa shape index (κ3) is 2.79. The van der Waals surface area contributed by atoms with Crippen LogP contribution >= 0.6 is 0 Å². The maximum Gasteiger partial charge on any atom is 0.322 e. The fourth-order valence-corrected chi connectivity index (χ4v) is 3.57. The highest BCUT2D eigenvalue weighted by atomic mass is 16.2. The van der Waals surface area contributed by atoms with Crippen molar-refractivity contribution in [1.29, 1.82) is 0 Å². The first-order chi connectivity index (χ1) is 11.3. The van der Waals surface area contributed by atoms with Gasteiger partial charge in [-0.2, -0.15) is 0 Å². The van der Waals surface area contributed by atoms with Crippen LogP contribution in [-0.4, -0.2) is 27.0 Å². The van der Waals surface area contributed by atoms with Gasteiger partial charge in [0.25, 0.3) is 0 Å². The summed E-state index contributed by atoms with van der Waals surface area (Å²) in [5, 5.41) is 3.04. The zero-order valence-corrected chi connectivity index (χ0v) is 15.1. The molecule has 5 nitrogen and oxygen atoms in total. The molecule has 5 heteroatoms. The maximum atomic E-state index is 12.8. The number of benzene rings is 1. The predicted octanol–water partition coefficient (Wildman–Crippen LogP) is 3.91. The molecule has 3 rings (SSSR count). The molecule has 1 N–H and O–H groups in total. The van der Waals surface area contributed by atoms with Crippen LogP contribution < -0.4 is 5.32 Å². The van der Waals surface area contributed by atoms with Gasteiger partial charge in [0, 0.05) is 37.1 Å². The molecule has 0 aliphatic carbocycles. The van der Waals surface area contributed by atoms with Crippen LogP contribution in [-0.2, 0) is 13.5 Å². The van der Waals surface area contributed by atoms with E-state index in [0.717, 1.165) is 24.5 Å². The minimum Gasteiger partial charge on any atom is -0.336 e. The summed E-state index contributed by atoms with van der Waals surface area (Å²) in [7, 11) is 1.97. The Balaban J connectivity index is 1.79. The molecule has 2 amide bonds. The molecule has 0 spiro atoms. The maximum absolute atomic E-state index is 12.8. The van der Waals surface area contributed by atoms with Gasteiger partial charge in [0.2, 0.25) is 0 Å². The van der Waals surface area contributed by atoms with E-state index in [2.05, 4.69) is 50.1 Å². The van der Waals surface area contributed by atoms with Gasteiger partial charge in [-0.05, 0) is 36.6 Å². The second kappa shape index (κ2) is 5.96. The van der Waals surface area contributed by atoms with Gasteiger partial charge in [-0.1, -0.05) is 26.8 Å². The Morgan fingerprint density at radius 3 is 2.75 bits per heavy atom. The lowest BCUT2D eigenvalue weighted by Crippen LogP contribution is -2.59. The smallest absolute Gasteiger partial charge is 0.322 e. The number of anilines is 1. The third-order valence-corrected chi connectivity index (χ3v) is 4.97. The molecule has 128 valence electrons. The first kappa shape index (κ1) is 16.6. The minimum absolute atomic E-state index is 0.00593. The van der Waals surface area contributed by atoms with E-state index >= 15 is 0 Å². The van der Waals surface area contributed by atoms with Crippen LogP contribution in [0.1, 0.15) is 43.8 Å². The lowest BCUT2D eigenvalue weighted by Gasteiger charge is -2.53. The number of nitrogens with one attached hydrogen (secondary N) is 1. The first-order valence-electron chi connectivity index (χ1n) is 8.48. The molecule has 1 saturated heterocycles. The van der Waals surface area contributed by atoms with Crippen molar-refractivity contribution < 1.29 is 4.79 Å². The highest BCUT2D eigenvalue weighted by Crippen LogP contribution is 2.47. The zero-order chi connectivity index (χ0) is 17.5. The molecule has 1 aliphatic heterocycles. The van der Waals surface area contributed by atoms with Gasteiger partial charge in [0.05, 0.1) is 6.04 Å². The van der Waals surface area contributed by atoms with Gasteiger partial charge in [0.15, 0.2) is 0 Å². The first-order valence-corrected chi connectivity index (χ1v) is 8.48. The number of aryl methyl sites for hydroxylation is 3. The molecule has 1 fully saturated rings. The second-order valence-electron chi connectivity index (χ2n) is 7.34. The number of nitrogens with zero attached hydrogens (tertiary/aromatic N) is 3. The number of amides is 2. The Hall–Kier alpha value is -2.30. The van der Waals surface area contributed by atoms with Crippen LogP contribution in [0.3, 0.4) is 0 Å². The Labute approximate surface area is 143 Å². The molecule has 1 unspecified atom stereocenters. The predicted molar refractivity (Wildman–Crippen MR) is 96.0 cm³/mol. The molecule has 2 aromatic rings. The topological polar surface area (TPSA) is 50.2 Å². The number of carbonyl (C=O) groups is 1. The normalized spacial score (nSPS) is 19.0. The molecular weight excluding hydrogens is 300 g/mol. The fourth-order valence-electron chi connectivity index (χ4n) is 3.57. The van der Waals surface area contributed by atoms with Crippen molar-refractivity contribution in [3.8, 4) is 0 Å². The minimum atomic E-state index is -0.0618. The van der Waals surface area contributed by atoms with E-state index in [0.29, 0.717) is 0 Å². The van der Waals surface area contributed by atoms with E-state index in [-0.39, 0.29) is 17.5 Å². The van der Waals surface area contributed by atoms with E-state index in [1.807, 2.05) is 28.8 Å². The highest BCUT2D eigenvalue weighted by molar-refractivity contribution is 5.90. The van der Waals surface area contributed by atoms with Crippen molar-refractivity contribution in [1.82, 2.24) is 14.5 Å². The van der Waals surface area contributed by atoms with Gasteiger partial charge in [0.1, 0.15) is 5.82 Å². The fraction of sp³-hybridized carbons (Fsp3) is 0.474. The third-order valence-electron chi connectivity index (χ3n) is 4.97. The van der Waals surface area contributed by atoms with Crippen LogP contribution in [0, 0.1) is 12.3 Å². The van der Waals surface area contributed by atoms with Crippen molar-refractivity contribution in [3.63, 3.8) is 0 Å². The van der Waals surface area contributed by atoms with E-state index in [1.54, 1.807) is 6.20 Å². The van der Waals surface area contributed by atoms with Crippen molar-refractivity contribution in [3.05, 3.63) is 47.5 Å². The Kier molecular flexibility index (Phi) is 4.11. The summed E-state index contributed by atoms with van der Waals surface area (Å²) >= 11 is 0. The number of hydrogen-bond donors (Lipinski definition) is 1. The summed E-state index contributed by atoms with van der Waals surface area (Å²) in [5.74, 6) is 0.930. The van der Waals surface area contributed by atoms with Crippen molar-refractivity contribution in [2.45, 2.75) is 40.2 Å². The molecule has 0 bridgehead atoms. The molecule has 0 saturated carbocycles. The van der Waals surface area contributed by atoms with E-state index in [4.69, 9.17) is 0 Å². The molecule has 2 heterocycles. The van der Waals surface area contributed by atoms with E-state index < -0.39 is 0 Å². The number of imidazole rings is 1. The molecule has 0 radical (unpaired) electrons. The summed E-state index contributed by atoms with van der Waals surface area (Å²) in [6.07, 6.45) is 4.67. The molecule has 1 aromatic heterocycles. The molecule has 1 aliphatic rings. The van der Waals surface area contributed by atoms with E-state index in [9.17, 15) is 4.79 Å². The number of hydrogen-bond acceptors (Lipinski definition) is 2. The average molecular weight is 326 g/mol. The number of likely N-dealkylation sites (tertiary alicyclic amines) is 1. The summed E-state index contributed by atoms with van der Waals surface area (Å²) in [5.41, 5.74) is 3.40. The zero-order valence-electron chi connectivity index (χ0n) is 15.1. The molecular formula is C19H26N4O. The van der Waals surface area contributed by atoms with Crippen LogP contribution in [0.2, 0.25) is 0 Å². The Bertz CT molecular complexity index is 762. The van der Waals surface area contributed by atoms with Crippen LogP contribution in [0.5, 0.6) is 0 Å². The number of urea groups is 1. The van der Waals surface area contributed by atoms with Crippen LogP contribution in [0.25, 0.3) is 0 Å². The van der Waals surface area contributed by atoms with E-state index in [1.165, 1.54) is 11.1 Å². The number of aromatic nitrogens is 2. The molecule has 24 heavy (non-hydrogen) atoms. The summed E-state index contributed by atoms with van der Waals surface area (Å²) < 4.78 is 1.99. The largest absolute Gasteiger partial charge is 0.336 e.